The number of nitrogens with two attached hydrogens (primary N) is 1. The molecule has 0 aromatic carbocycles. The molecule has 0 aliphatic heterocycles. The van der Waals surface area contributed by atoms with Crippen LogP contribution in [0.15, 0.2) is 6.07 Å². The second-order valence-electron chi connectivity index (χ2n) is 3.75. The van der Waals surface area contributed by atoms with Crippen molar-refractivity contribution in [2.75, 3.05) is 5.73 Å². The summed E-state index contributed by atoms with van der Waals surface area (Å²) in [7, 11) is 3.76. The van der Waals surface area contributed by atoms with Crippen LogP contribution < -0.4 is 5.73 Å². The Balaban J connectivity index is 2.63. The third-order valence-electron chi connectivity index (χ3n) is 2.68. The number of anilines is 1. The Bertz CT molecular complexity index is 487. The van der Waals surface area contributed by atoms with Gasteiger partial charge in [0, 0.05) is 31.4 Å². The van der Waals surface area contributed by atoms with Crippen LogP contribution in [0.25, 0.3) is 11.3 Å². The fourth-order valence-electron chi connectivity index (χ4n) is 1.75. The molecule has 0 amide bonds. The molecule has 0 saturated carbocycles. The zero-order valence-corrected chi connectivity index (χ0v) is 9.44. The van der Waals surface area contributed by atoms with E-state index < -0.39 is 0 Å². The van der Waals surface area contributed by atoms with Crippen molar-refractivity contribution in [1.82, 2.24) is 19.6 Å². The maximum atomic E-state index is 5.76. The Labute approximate surface area is 88.5 Å². The van der Waals surface area contributed by atoms with Crippen LogP contribution in [0.3, 0.4) is 0 Å². The molecule has 15 heavy (non-hydrogen) atoms. The maximum absolute atomic E-state index is 5.76. The average Bonchev–Trinajstić information content (AvgIpc) is 2.57. The lowest BCUT2D eigenvalue weighted by molar-refractivity contribution is 0.731. The fraction of sp³-hybridized carbons (Fsp3) is 0.400. The number of aromatic nitrogens is 4. The van der Waals surface area contributed by atoms with Gasteiger partial charge in [-0.2, -0.15) is 10.2 Å². The Hall–Kier alpha value is -1.78. The maximum Gasteiger partial charge on any atom is 0.121 e. The summed E-state index contributed by atoms with van der Waals surface area (Å²) in [5.74, 6) is 0.660. The van der Waals surface area contributed by atoms with Gasteiger partial charge >= 0.3 is 0 Å². The molecule has 0 aliphatic carbocycles. The first-order chi connectivity index (χ1) is 7.00. The predicted octanol–water partition coefficient (Wildman–Crippen LogP) is 1.02. The summed E-state index contributed by atoms with van der Waals surface area (Å²) in [6.07, 6.45) is 0. The van der Waals surface area contributed by atoms with E-state index in [0.29, 0.717) is 5.82 Å². The molecule has 2 heterocycles. The van der Waals surface area contributed by atoms with Gasteiger partial charge in [-0.3, -0.25) is 9.36 Å². The van der Waals surface area contributed by atoms with Gasteiger partial charge in [0.15, 0.2) is 0 Å². The van der Waals surface area contributed by atoms with Crippen LogP contribution in [-0.2, 0) is 14.1 Å². The van der Waals surface area contributed by atoms with Crippen molar-refractivity contribution in [3.8, 4) is 11.3 Å². The van der Waals surface area contributed by atoms with Crippen LogP contribution in [0.2, 0.25) is 0 Å². The number of hydrogen-bond donors (Lipinski definition) is 1. The highest BCUT2D eigenvalue weighted by Gasteiger charge is 2.14. The van der Waals surface area contributed by atoms with Crippen molar-refractivity contribution < 1.29 is 0 Å². The molecule has 0 bridgehead atoms. The van der Waals surface area contributed by atoms with Crippen LogP contribution in [0.4, 0.5) is 5.82 Å². The van der Waals surface area contributed by atoms with Gasteiger partial charge in [-0.1, -0.05) is 0 Å². The molecule has 0 fully saturated rings. The summed E-state index contributed by atoms with van der Waals surface area (Å²) in [5.41, 5.74) is 9.80. The Morgan fingerprint density at radius 2 is 1.80 bits per heavy atom. The van der Waals surface area contributed by atoms with Gasteiger partial charge in [0.05, 0.1) is 11.4 Å². The van der Waals surface area contributed by atoms with Crippen LogP contribution in [0, 0.1) is 13.8 Å². The minimum Gasteiger partial charge on any atom is -0.384 e. The van der Waals surface area contributed by atoms with E-state index in [-0.39, 0.29) is 0 Å². The SMILES string of the molecule is Cc1nn(C)c(C)c1-c1cc(N)n(C)n1. The summed E-state index contributed by atoms with van der Waals surface area (Å²) < 4.78 is 3.52. The first-order valence-corrected chi connectivity index (χ1v) is 4.80. The molecule has 0 saturated heterocycles. The number of nitrogen functional groups attached to an aromatic ring is 1. The monoisotopic (exact) mass is 205 g/mol. The first-order valence-electron chi connectivity index (χ1n) is 4.80. The minimum absolute atomic E-state index is 0.660. The van der Waals surface area contributed by atoms with Crippen molar-refractivity contribution in [2.45, 2.75) is 13.8 Å². The van der Waals surface area contributed by atoms with Gasteiger partial charge < -0.3 is 5.73 Å². The average molecular weight is 205 g/mol. The molecular weight excluding hydrogens is 190 g/mol. The number of rotatable bonds is 1. The minimum atomic E-state index is 0.660. The van der Waals surface area contributed by atoms with Gasteiger partial charge in [0.1, 0.15) is 5.82 Å². The predicted molar refractivity (Wildman–Crippen MR) is 59.3 cm³/mol. The third-order valence-corrected chi connectivity index (χ3v) is 2.68. The third kappa shape index (κ3) is 1.40. The lowest BCUT2D eigenvalue weighted by Gasteiger charge is -1.96. The van der Waals surface area contributed by atoms with Gasteiger partial charge in [-0.05, 0) is 13.8 Å². The van der Waals surface area contributed by atoms with E-state index in [0.717, 1.165) is 22.6 Å². The Morgan fingerprint density at radius 1 is 1.13 bits per heavy atom. The summed E-state index contributed by atoms with van der Waals surface area (Å²) in [6, 6.07) is 1.87. The molecule has 5 nitrogen and oxygen atoms in total. The summed E-state index contributed by atoms with van der Waals surface area (Å²) in [4.78, 5) is 0. The molecule has 5 heteroatoms. The normalized spacial score (nSPS) is 10.9. The quantitative estimate of drug-likeness (QED) is 0.756. The zero-order valence-electron chi connectivity index (χ0n) is 9.44. The molecule has 2 N–H and O–H groups in total. The van der Waals surface area contributed by atoms with E-state index in [4.69, 9.17) is 5.73 Å². The number of nitrogens with zero attached hydrogens (tertiary/aromatic N) is 4. The van der Waals surface area contributed by atoms with Gasteiger partial charge in [-0.15, -0.1) is 0 Å². The van der Waals surface area contributed by atoms with Crippen LogP contribution >= 0.6 is 0 Å². The number of aryl methyl sites for hydroxylation is 3. The first kappa shape index (κ1) is 9.76. The second kappa shape index (κ2) is 3.12. The molecule has 2 aromatic heterocycles. The van der Waals surface area contributed by atoms with Gasteiger partial charge in [0.2, 0.25) is 0 Å². The standard InChI is InChI=1S/C10H15N5/c1-6-10(7(2)14(3)12-6)8-5-9(11)15(4)13-8/h5H,11H2,1-4H3. The summed E-state index contributed by atoms with van der Waals surface area (Å²) >= 11 is 0. The van der Waals surface area contributed by atoms with Crippen LogP contribution in [0.1, 0.15) is 11.4 Å². The molecule has 0 unspecified atom stereocenters. The molecule has 0 radical (unpaired) electrons. The lowest BCUT2D eigenvalue weighted by atomic mass is 10.1. The molecule has 0 spiro atoms. The van der Waals surface area contributed by atoms with Crippen molar-refractivity contribution in [1.29, 1.82) is 0 Å². The lowest BCUT2D eigenvalue weighted by Crippen LogP contribution is -1.96. The van der Waals surface area contributed by atoms with E-state index in [1.165, 1.54) is 0 Å². The van der Waals surface area contributed by atoms with Crippen LogP contribution in [-0.4, -0.2) is 19.6 Å². The van der Waals surface area contributed by atoms with E-state index in [9.17, 15) is 0 Å². The van der Waals surface area contributed by atoms with Gasteiger partial charge in [-0.25, -0.2) is 0 Å². The van der Waals surface area contributed by atoms with Crippen molar-refractivity contribution >= 4 is 5.82 Å². The zero-order chi connectivity index (χ0) is 11.2. The van der Waals surface area contributed by atoms with E-state index >= 15 is 0 Å². The second-order valence-corrected chi connectivity index (χ2v) is 3.75. The smallest absolute Gasteiger partial charge is 0.121 e. The highest BCUT2D eigenvalue weighted by atomic mass is 15.3. The highest BCUT2D eigenvalue weighted by molar-refractivity contribution is 5.67. The summed E-state index contributed by atoms with van der Waals surface area (Å²) in [5, 5.41) is 8.71. The summed E-state index contributed by atoms with van der Waals surface area (Å²) in [6.45, 7) is 4.01. The van der Waals surface area contributed by atoms with Gasteiger partial charge in [0.25, 0.3) is 0 Å². The Kier molecular flexibility index (Phi) is 2.03. The molecule has 0 atom stereocenters. The Morgan fingerprint density at radius 3 is 2.20 bits per heavy atom. The van der Waals surface area contributed by atoms with Crippen LogP contribution in [0.5, 0.6) is 0 Å². The molecule has 2 rings (SSSR count). The highest BCUT2D eigenvalue weighted by Crippen LogP contribution is 2.26. The van der Waals surface area contributed by atoms with Crippen molar-refractivity contribution in [2.24, 2.45) is 14.1 Å². The topological polar surface area (TPSA) is 61.7 Å². The fourth-order valence-corrected chi connectivity index (χ4v) is 1.75. The molecule has 2 aromatic rings. The van der Waals surface area contributed by atoms with Crippen molar-refractivity contribution in [3.05, 3.63) is 17.5 Å². The molecule has 80 valence electrons. The molecular formula is C10H15N5. The number of hydrogen-bond acceptors (Lipinski definition) is 3. The van der Waals surface area contributed by atoms with E-state index in [2.05, 4.69) is 10.2 Å². The molecule has 0 aliphatic rings. The van der Waals surface area contributed by atoms with E-state index in [1.807, 2.05) is 38.7 Å². The van der Waals surface area contributed by atoms with Crippen molar-refractivity contribution in [3.63, 3.8) is 0 Å². The van der Waals surface area contributed by atoms with E-state index in [1.54, 1.807) is 4.68 Å². The largest absolute Gasteiger partial charge is 0.384 e.